The van der Waals surface area contributed by atoms with Crippen LogP contribution < -0.4 is 10.9 Å². The van der Waals surface area contributed by atoms with E-state index in [1.165, 1.54) is 27.2 Å². The number of ether oxygens (including phenoxy) is 1. The number of hydrogen-bond acceptors (Lipinski definition) is 6. The second-order valence-electron chi connectivity index (χ2n) is 7.65. The highest BCUT2D eigenvalue weighted by molar-refractivity contribution is 7.89. The quantitative estimate of drug-likeness (QED) is 0.591. The minimum absolute atomic E-state index is 0.0451. The van der Waals surface area contributed by atoms with Crippen LogP contribution >= 0.6 is 0 Å². The van der Waals surface area contributed by atoms with Gasteiger partial charge < -0.3 is 10.1 Å². The number of benzene rings is 2. The van der Waals surface area contributed by atoms with Gasteiger partial charge in [-0.2, -0.15) is 9.40 Å². The highest BCUT2D eigenvalue weighted by Crippen LogP contribution is 2.24. The molecule has 0 radical (unpaired) electrons. The largest absolute Gasteiger partial charge is 0.379 e. The van der Waals surface area contributed by atoms with Gasteiger partial charge in [0.25, 0.3) is 11.5 Å². The minimum Gasteiger partial charge on any atom is -0.379 e. The molecule has 0 spiro atoms. The van der Waals surface area contributed by atoms with Gasteiger partial charge in [-0.3, -0.25) is 9.59 Å². The summed E-state index contributed by atoms with van der Waals surface area (Å²) in [6.07, 6.45) is 0. The van der Waals surface area contributed by atoms with E-state index in [1.807, 2.05) is 30.3 Å². The number of morpholine rings is 1. The Morgan fingerprint density at radius 2 is 1.79 bits per heavy atom. The molecule has 0 saturated carbocycles. The molecule has 2 heterocycles. The summed E-state index contributed by atoms with van der Waals surface area (Å²) >= 11 is 0. The van der Waals surface area contributed by atoms with E-state index in [0.717, 1.165) is 5.56 Å². The van der Waals surface area contributed by atoms with Gasteiger partial charge in [0, 0.05) is 24.8 Å². The maximum absolute atomic E-state index is 13.1. The lowest BCUT2D eigenvalue weighted by molar-refractivity contribution is 0.0730. The molecule has 33 heavy (non-hydrogen) atoms. The molecule has 1 aliphatic heterocycles. The van der Waals surface area contributed by atoms with Gasteiger partial charge in [-0.25, -0.2) is 13.1 Å². The van der Waals surface area contributed by atoms with Crippen LogP contribution in [0.3, 0.4) is 0 Å². The van der Waals surface area contributed by atoms with Crippen molar-refractivity contribution in [2.45, 2.75) is 18.4 Å². The average Bonchev–Trinajstić information content (AvgIpc) is 2.83. The molecule has 172 valence electrons. The normalized spacial score (nSPS) is 14.7. The summed E-state index contributed by atoms with van der Waals surface area (Å²) in [6, 6.07) is 16.7. The van der Waals surface area contributed by atoms with E-state index < -0.39 is 15.9 Å². The van der Waals surface area contributed by atoms with Gasteiger partial charge in [0.1, 0.15) is 5.69 Å². The summed E-state index contributed by atoms with van der Waals surface area (Å²) < 4.78 is 34.0. The molecule has 0 atom stereocenters. The Morgan fingerprint density at radius 3 is 2.52 bits per heavy atom. The molecule has 4 rings (SSSR count). The van der Waals surface area contributed by atoms with Crippen molar-refractivity contribution in [3.05, 3.63) is 87.8 Å². The molecule has 1 aromatic heterocycles. The SMILES string of the molecule is Cc1ccc(NC(=O)c2ccc(=O)n(Cc3ccccc3)n2)cc1S(=O)(=O)N1CCOCC1. The number of nitrogens with zero attached hydrogens (tertiary/aromatic N) is 3. The number of sulfonamides is 1. The van der Waals surface area contributed by atoms with Crippen LogP contribution in [0, 0.1) is 6.92 Å². The number of anilines is 1. The number of amides is 1. The van der Waals surface area contributed by atoms with Crippen LogP contribution in [0.25, 0.3) is 0 Å². The molecule has 1 aliphatic rings. The Kier molecular flexibility index (Phi) is 6.68. The minimum atomic E-state index is -3.72. The molecule has 0 unspecified atom stereocenters. The first-order chi connectivity index (χ1) is 15.8. The topological polar surface area (TPSA) is 111 Å². The van der Waals surface area contributed by atoms with Gasteiger partial charge in [0.05, 0.1) is 24.7 Å². The molecule has 2 aromatic carbocycles. The molecule has 1 saturated heterocycles. The maximum atomic E-state index is 13.1. The van der Waals surface area contributed by atoms with Crippen LogP contribution in [0.1, 0.15) is 21.6 Å². The number of aromatic nitrogens is 2. The highest BCUT2D eigenvalue weighted by Gasteiger charge is 2.28. The Balaban J connectivity index is 1.56. The van der Waals surface area contributed by atoms with Crippen molar-refractivity contribution in [2.24, 2.45) is 0 Å². The zero-order chi connectivity index (χ0) is 23.4. The summed E-state index contributed by atoms with van der Waals surface area (Å²) in [5, 5.41) is 6.86. The molecule has 1 amide bonds. The Labute approximate surface area is 191 Å². The van der Waals surface area contributed by atoms with Gasteiger partial charge in [-0.15, -0.1) is 0 Å². The first kappa shape index (κ1) is 22.8. The molecular formula is C23H24N4O5S. The van der Waals surface area contributed by atoms with Crippen molar-refractivity contribution in [3.8, 4) is 0 Å². The standard InChI is InChI=1S/C23H24N4O5S/c1-17-7-8-19(15-21(17)33(30,31)26-11-13-32-14-12-26)24-23(29)20-9-10-22(28)27(25-20)16-18-5-3-2-4-6-18/h2-10,15H,11-14,16H2,1H3,(H,24,29). The van der Waals surface area contributed by atoms with Crippen molar-refractivity contribution >= 4 is 21.6 Å². The Hall–Kier alpha value is -3.34. The Bertz CT molecular complexity index is 1320. The van der Waals surface area contributed by atoms with Gasteiger partial charge in [0.2, 0.25) is 10.0 Å². The third-order valence-corrected chi connectivity index (χ3v) is 7.35. The second kappa shape index (κ2) is 9.65. The summed E-state index contributed by atoms with van der Waals surface area (Å²) in [5.74, 6) is -0.546. The molecule has 0 bridgehead atoms. The average molecular weight is 469 g/mol. The number of hydrogen-bond donors (Lipinski definition) is 1. The van der Waals surface area contributed by atoms with Crippen LogP contribution in [-0.2, 0) is 21.3 Å². The van der Waals surface area contributed by atoms with E-state index in [9.17, 15) is 18.0 Å². The fourth-order valence-corrected chi connectivity index (χ4v) is 5.18. The number of carbonyl (C=O) groups is 1. The molecule has 9 nitrogen and oxygen atoms in total. The first-order valence-corrected chi connectivity index (χ1v) is 11.9. The zero-order valence-electron chi connectivity index (χ0n) is 18.1. The first-order valence-electron chi connectivity index (χ1n) is 10.5. The van der Waals surface area contributed by atoms with Crippen LogP contribution in [0.4, 0.5) is 5.69 Å². The summed E-state index contributed by atoms with van der Waals surface area (Å²) in [6.45, 7) is 3.20. The predicted octanol–water partition coefficient (Wildman–Crippen LogP) is 1.87. The van der Waals surface area contributed by atoms with Gasteiger partial charge in [0.15, 0.2) is 0 Å². The summed E-state index contributed by atoms with van der Waals surface area (Å²) in [5.41, 5.74) is 1.49. The van der Waals surface area contributed by atoms with Crippen LogP contribution in [0.2, 0.25) is 0 Å². The highest BCUT2D eigenvalue weighted by atomic mass is 32.2. The van der Waals surface area contributed by atoms with E-state index in [-0.39, 0.29) is 35.8 Å². The van der Waals surface area contributed by atoms with Gasteiger partial charge >= 0.3 is 0 Å². The van der Waals surface area contributed by atoms with Crippen LogP contribution in [0.5, 0.6) is 0 Å². The smallest absolute Gasteiger partial charge is 0.276 e. The van der Waals surface area contributed by atoms with E-state index in [2.05, 4.69) is 10.4 Å². The molecule has 1 fully saturated rings. The lowest BCUT2D eigenvalue weighted by Gasteiger charge is -2.26. The summed E-state index contributed by atoms with van der Waals surface area (Å²) in [4.78, 5) is 25.1. The maximum Gasteiger partial charge on any atom is 0.276 e. The van der Waals surface area contributed by atoms with E-state index >= 15 is 0 Å². The Morgan fingerprint density at radius 1 is 1.06 bits per heavy atom. The third-order valence-electron chi connectivity index (χ3n) is 5.31. The van der Waals surface area contributed by atoms with Crippen molar-refractivity contribution < 1.29 is 17.9 Å². The zero-order valence-corrected chi connectivity index (χ0v) is 18.9. The molecule has 1 N–H and O–H groups in total. The van der Waals surface area contributed by atoms with Crippen molar-refractivity contribution in [1.82, 2.24) is 14.1 Å². The molecular weight excluding hydrogens is 444 g/mol. The number of carbonyl (C=O) groups excluding carboxylic acids is 1. The van der Waals surface area contributed by atoms with Crippen molar-refractivity contribution in [1.29, 1.82) is 0 Å². The van der Waals surface area contributed by atoms with Gasteiger partial charge in [-0.1, -0.05) is 36.4 Å². The molecule has 3 aromatic rings. The van der Waals surface area contributed by atoms with E-state index in [4.69, 9.17) is 4.74 Å². The van der Waals surface area contributed by atoms with Crippen molar-refractivity contribution in [2.75, 3.05) is 31.6 Å². The molecule has 10 heteroatoms. The second-order valence-corrected chi connectivity index (χ2v) is 9.56. The number of nitrogens with one attached hydrogen (secondary N) is 1. The van der Waals surface area contributed by atoms with E-state index in [0.29, 0.717) is 24.5 Å². The third kappa shape index (κ3) is 5.19. The number of aryl methyl sites for hydroxylation is 1. The predicted molar refractivity (Wildman–Crippen MR) is 123 cm³/mol. The fourth-order valence-electron chi connectivity index (χ4n) is 3.52. The van der Waals surface area contributed by atoms with E-state index in [1.54, 1.807) is 19.1 Å². The van der Waals surface area contributed by atoms with Gasteiger partial charge in [-0.05, 0) is 36.2 Å². The lowest BCUT2D eigenvalue weighted by Crippen LogP contribution is -2.40. The van der Waals surface area contributed by atoms with Crippen LogP contribution in [-0.4, -0.2) is 54.7 Å². The van der Waals surface area contributed by atoms with Crippen molar-refractivity contribution in [3.63, 3.8) is 0 Å². The van der Waals surface area contributed by atoms with Crippen LogP contribution in [0.15, 0.2) is 70.4 Å². The lowest BCUT2D eigenvalue weighted by atomic mass is 10.2. The monoisotopic (exact) mass is 468 g/mol. The summed E-state index contributed by atoms with van der Waals surface area (Å²) in [7, 11) is -3.72. The fraction of sp³-hybridized carbons (Fsp3) is 0.261. The number of rotatable bonds is 6. The molecule has 0 aliphatic carbocycles.